The number of aromatic nitrogens is 3. The van der Waals surface area contributed by atoms with Gasteiger partial charge in [0.2, 0.25) is 10.7 Å². The molecule has 0 radical (unpaired) electrons. The summed E-state index contributed by atoms with van der Waals surface area (Å²) in [6.45, 7) is 0.636. The molecular weight excluding hydrogens is 344 g/mol. The number of benzene rings is 2. The molecule has 0 atom stereocenters. The average molecular weight is 359 g/mol. The molecule has 0 aliphatic carbocycles. The van der Waals surface area contributed by atoms with Crippen LogP contribution in [0.3, 0.4) is 0 Å². The van der Waals surface area contributed by atoms with Crippen molar-refractivity contribution in [1.29, 1.82) is 0 Å². The number of rotatable bonds is 5. The fraction of sp³-hybridized carbons (Fsp3) is 0.118. The second-order valence-electron chi connectivity index (χ2n) is 5.16. The Labute approximate surface area is 149 Å². The van der Waals surface area contributed by atoms with Gasteiger partial charge < -0.3 is 5.32 Å². The van der Waals surface area contributed by atoms with E-state index < -0.39 is 0 Å². The van der Waals surface area contributed by atoms with E-state index in [-0.39, 0.29) is 10.7 Å². The molecule has 3 aromatic rings. The van der Waals surface area contributed by atoms with Crippen LogP contribution >= 0.6 is 23.8 Å². The molecule has 0 saturated heterocycles. The molecule has 0 amide bonds. The Balaban J connectivity index is 1.75. The van der Waals surface area contributed by atoms with Crippen molar-refractivity contribution in [3.63, 3.8) is 0 Å². The zero-order chi connectivity index (χ0) is 16.9. The van der Waals surface area contributed by atoms with Crippen LogP contribution in [0.5, 0.6) is 0 Å². The maximum Gasteiger partial charge on any atom is 0.267 e. The van der Waals surface area contributed by atoms with E-state index in [0.29, 0.717) is 23.1 Å². The third-order valence-corrected chi connectivity index (χ3v) is 4.03. The molecule has 0 bridgehead atoms. The number of carbonyl (C=O) groups is 1. The monoisotopic (exact) mass is 358 g/mol. The molecule has 1 aromatic heterocycles. The standard InChI is InChI=1S/C17H15ClN4OS/c18-14-8-6-13(7-9-14)15(23)22-16(20-21-17(22)24)19-11-10-12-4-2-1-3-5-12/h1-9H,10-11H2,(H,19,20)(H,21,24). The minimum Gasteiger partial charge on any atom is -0.354 e. The third-order valence-electron chi connectivity index (χ3n) is 3.51. The second kappa shape index (κ2) is 7.42. The number of H-pyrrole nitrogens is 1. The molecule has 0 unspecified atom stereocenters. The largest absolute Gasteiger partial charge is 0.354 e. The highest BCUT2D eigenvalue weighted by molar-refractivity contribution is 7.71. The molecular formula is C17H15ClN4OS. The zero-order valence-electron chi connectivity index (χ0n) is 12.7. The number of anilines is 1. The van der Waals surface area contributed by atoms with Crippen LogP contribution in [0.15, 0.2) is 54.6 Å². The SMILES string of the molecule is O=C(c1ccc(Cl)cc1)n1c(NCCc2ccccc2)n[nH]c1=S. The van der Waals surface area contributed by atoms with Crippen LogP contribution in [0.25, 0.3) is 0 Å². The van der Waals surface area contributed by atoms with Crippen molar-refractivity contribution in [2.24, 2.45) is 0 Å². The normalized spacial score (nSPS) is 10.5. The molecule has 7 heteroatoms. The highest BCUT2D eigenvalue weighted by Crippen LogP contribution is 2.14. The number of hydrogen-bond donors (Lipinski definition) is 2. The third kappa shape index (κ3) is 3.72. The Morgan fingerprint density at radius 2 is 1.88 bits per heavy atom. The first-order chi connectivity index (χ1) is 11.6. The summed E-state index contributed by atoms with van der Waals surface area (Å²) < 4.78 is 1.60. The molecule has 0 aliphatic heterocycles. The summed E-state index contributed by atoms with van der Waals surface area (Å²) in [5.74, 6) is 0.142. The molecule has 2 N–H and O–H groups in total. The lowest BCUT2D eigenvalue weighted by atomic mass is 10.1. The summed E-state index contributed by atoms with van der Waals surface area (Å²) in [6.07, 6.45) is 0.815. The molecule has 0 saturated carbocycles. The fourth-order valence-electron chi connectivity index (χ4n) is 2.29. The van der Waals surface area contributed by atoms with Crippen molar-refractivity contribution in [2.75, 3.05) is 11.9 Å². The van der Waals surface area contributed by atoms with E-state index in [0.717, 1.165) is 6.42 Å². The highest BCUT2D eigenvalue weighted by Gasteiger charge is 2.15. The van der Waals surface area contributed by atoms with Crippen LogP contribution in [0.2, 0.25) is 5.02 Å². The van der Waals surface area contributed by atoms with Gasteiger partial charge in [-0.3, -0.25) is 4.79 Å². The first kappa shape index (κ1) is 16.4. The minimum atomic E-state index is -0.257. The summed E-state index contributed by atoms with van der Waals surface area (Å²) >= 11 is 11.0. The Morgan fingerprint density at radius 3 is 2.58 bits per heavy atom. The van der Waals surface area contributed by atoms with E-state index >= 15 is 0 Å². The zero-order valence-corrected chi connectivity index (χ0v) is 14.3. The summed E-state index contributed by atoms with van der Waals surface area (Å²) in [5.41, 5.74) is 1.69. The van der Waals surface area contributed by atoms with Gasteiger partial charge in [0, 0.05) is 17.1 Å². The quantitative estimate of drug-likeness (QED) is 0.678. The smallest absolute Gasteiger partial charge is 0.267 e. The molecule has 24 heavy (non-hydrogen) atoms. The number of nitrogens with zero attached hydrogens (tertiary/aromatic N) is 2. The van der Waals surface area contributed by atoms with E-state index in [2.05, 4.69) is 27.6 Å². The van der Waals surface area contributed by atoms with E-state index in [4.69, 9.17) is 23.8 Å². The van der Waals surface area contributed by atoms with Gasteiger partial charge in [0.15, 0.2) is 0 Å². The van der Waals surface area contributed by atoms with Gasteiger partial charge in [-0.05, 0) is 48.5 Å². The van der Waals surface area contributed by atoms with Crippen LogP contribution in [-0.2, 0) is 6.42 Å². The summed E-state index contributed by atoms with van der Waals surface area (Å²) in [5, 5.41) is 10.5. The molecule has 5 nitrogen and oxygen atoms in total. The molecule has 0 aliphatic rings. The van der Waals surface area contributed by atoms with Crippen molar-refractivity contribution in [1.82, 2.24) is 14.8 Å². The Bertz CT molecular complexity index is 887. The predicted molar refractivity (Wildman–Crippen MR) is 97.2 cm³/mol. The number of carbonyl (C=O) groups excluding carboxylic acids is 1. The van der Waals surface area contributed by atoms with E-state index in [1.807, 2.05) is 18.2 Å². The lowest BCUT2D eigenvalue weighted by molar-refractivity contribution is 0.0960. The molecule has 1 heterocycles. The molecule has 2 aromatic carbocycles. The van der Waals surface area contributed by atoms with Crippen LogP contribution in [0.1, 0.15) is 15.9 Å². The number of aromatic amines is 1. The van der Waals surface area contributed by atoms with Crippen molar-refractivity contribution >= 4 is 35.7 Å². The van der Waals surface area contributed by atoms with Crippen LogP contribution < -0.4 is 5.32 Å². The topological polar surface area (TPSA) is 62.7 Å². The first-order valence-electron chi connectivity index (χ1n) is 7.40. The van der Waals surface area contributed by atoms with Gasteiger partial charge >= 0.3 is 0 Å². The predicted octanol–water partition coefficient (Wildman–Crippen LogP) is 3.94. The summed E-state index contributed by atoms with van der Waals surface area (Å²) in [6, 6.07) is 16.7. The second-order valence-corrected chi connectivity index (χ2v) is 5.99. The average Bonchev–Trinajstić information content (AvgIpc) is 2.96. The number of hydrogen-bond acceptors (Lipinski definition) is 4. The molecule has 3 rings (SSSR count). The van der Waals surface area contributed by atoms with E-state index in [1.54, 1.807) is 24.3 Å². The van der Waals surface area contributed by atoms with Crippen LogP contribution in [0.4, 0.5) is 5.95 Å². The van der Waals surface area contributed by atoms with Crippen molar-refractivity contribution in [2.45, 2.75) is 6.42 Å². The Kier molecular flexibility index (Phi) is 5.08. The molecule has 0 spiro atoms. The number of halogens is 1. The van der Waals surface area contributed by atoms with Crippen molar-refractivity contribution < 1.29 is 4.79 Å². The fourth-order valence-corrected chi connectivity index (χ4v) is 2.63. The van der Waals surface area contributed by atoms with Gasteiger partial charge in [0.25, 0.3) is 5.91 Å². The minimum absolute atomic E-state index is 0.247. The summed E-state index contributed by atoms with van der Waals surface area (Å²) in [7, 11) is 0. The lowest BCUT2D eigenvalue weighted by Crippen LogP contribution is -2.17. The first-order valence-corrected chi connectivity index (χ1v) is 8.19. The maximum atomic E-state index is 12.6. The maximum absolute atomic E-state index is 12.6. The van der Waals surface area contributed by atoms with Gasteiger partial charge in [0.05, 0.1) is 0 Å². The Hall–Kier alpha value is -2.44. The highest BCUT2D eigenvalue weighted by atomic mass is 35.5. The molecule has 0 fully saturated rings. The van der Waals surface area contributed by atoms with Gasteiger partial charge in [-0.25, -0.2) is 9.67 Å². The van der Waals surface area contributed by atoms with Gasteiger partial charge in [-0.2, -0.15) is 0 Å². The van der Waals surface area contributed by atoms with Gasteiger partial charge in [-0.15, -0.1) is 5.10 Å². The number of nitrogens with one attached hydrogen (secondary N) is 2. The van der Waals surface area contributed by atoms with E-state index in [1.165, 1.54) is 10.1 Å². The Morgan fingerprint density at radius 1 is 1.17 bits per heavy atom. The van der Waals surface area contributed by atoms with E-state index in [9.17, 15) is 4.79 Å². The van der Waals surface area contributed by atoms with Crippen LogP contribution in [-0.4, -0.2) is 27.2 Å². The molecule has 122 valence electrons. The van der Waals surface area contributed by atoms with Gasteiger partial charge in [0.1, 0.15) is 0 Å². The lowest BCUT2D eigenvalue weighted by Gasteiger charge is -2.08. The van der Waals surface area contributed by atoms with Crippen molar-refractivity contribution in [3.8, 4) is 0 Å². The van der Waals surface area contributed by atoms with Crippen molar-refractivity contribution in [3.05, 3.63) is 75.5 Å². The van der Waals surface area contributed by atoms with Gasteiger partial charge in [-0.1, -0.05) is 41.9 Å². The van der Waals surface area contributed by atoms with Crippen LogP contribution in [0, 0.1) is 4.77 Å². The summed E-state index contributed by atoms with van der Waals surface area (Å²) in [4.78, 5) is 12.6.